The van der Waals surface area contributed by atoms with Gasteiger partial charge in [-0.05, 0) is 34.8 Å². The molecular weight excluding hydrogens is 357 g/mol. The molecule has 0 fully saturated rings. The van der Waals surface area contributed by atoms with E-state index in [0.717, 1.165) is 23.7 Å². The van der Waals surface area contributed by atoms with Crippen molar-refractivity contribution in [1.29, 1.82) is 0 Å². The summed E-state index contributed by atoms with van der Waals surface area (Å²) < 4.78 is 67.6. The van der Waals surface area contributed by atoms with Crippen LogP contribution >= 0.6 is 11.5 Å². The summed E-state index contributed by atoms with van der Waals surface area (Å²) in [7, 11) is -5.82. The molecule has 3 rings (SSSR count). The molecule has 0 unspecified atom stereocenters. The number of hydrogen-bond donors (Lipinski definition) is 1. The first-order valence-corrected chi connectivity index (χ1v) is 8.29. The van der Waals surface area contributed by atoms with E-state index in [-0.39, 0.29) is 12.1 Å². The lowest BCUT2D eigenvalue weighted by atomic mass is 9.99. The predicted octanol–water partition coefficient (Wildman–Crippen LogP) is 2.28. The number of amides is 1. The molecule has 1 aromatic carbocycles. The van der Waals surface area contributed by atoms with Crippen LogP contribution in [0.25, 0.3) is 11.1 Å². The van der Waals surface area contributed by atoms with E-state index in [1.165, 1.54) is 6.20 Å². The quantitative estimate of drug-likeness (QED) is 0.667. The summed E-state index contributed by atoms with van der Waals surface area (Å²) in [5, 5.41) is 4.15. The molecule has 122 valence electrons. The molecule has 0 aliphatic carbocycles. The number of aromatic nitrogens is 1. The fraction of sp³-hybridized carbons (Fsp3) is 0.167. The molecule has 2 heterocycles. The lowest BCUT2D eigenvalue weighted by Crippen LogP contribution is -2.28. The van der Waals surface area contributed by atoms with Crippen LogP contribution in [0.1, 0.15) is 15.9 Å². The predicted molar refractivity (Wildman–Crippen MR) is 74.3 cm³/mol. The van der Waals surface area contributed by atoms with Crippen LogP contribution in [0.4, 0.5) is 13.2 Å². The van der Waals surface area contributed by atoms with Crippen molar-refractivity contribution in [1.82, 2.24) is 9.69 Å². The van der Waals surface area contributed by atoms with Crippen LogP contribution in [0.15, 0.2) is 23.7 Å². The molecule has 23 heavy (non-hydrogen) atoms. The zero-order valence-electron chi connectivity index (χ0n) is 11.0. The summed E-state index contributed by atoms with van der Waals surface area (Å²) in [5.41, 5.74) is -3.99. The Bertz CT molecular complexity index is 876. The SMILES string of the molecule is O=C1NCc2c1cc(OS(=O)(=O)C(F)(F)F)cc2-c1cnsc1. The van der Waals surface area contributed by atoms with Crippen LogP contribution in [-0.4, -0.2) is 24.2 Å². The number of alkyl halides is 3. The molecule has 0 bridgehead atoms. The van der Waals surface area contributed by atoms with Gasteiger partial charge in [-0.2, -0.15) is 21.6 Å². The highest BCUT2D eigenvalue weighted by Crippen LogP contribution is 2.36. The number of nitrogens with zero attached hydrogens (tertiary/aromatic N) is 1. The Morgan fingerprint density at radius 1 is 1.26 bits per heavy atom. The van der Waals surface area contributed by atoms with Crippen molar-refractivity contribution in [2.45, 2.75) is 12.1 Å². The number of carbonyl (C=O) groups is 1. The van der Waals surface area contributed by atoms with E-state index < -0.39 is 27.3 Å². The average molecular weight is 364 g/mol. The second kappa shape index (κ2) is 5.20. The molecule has 1 N–H and O–H groups in total. The number of hydrogen-bond acceptors (Lipinski definition) is 6. The maximum atomic E-state index is 12.4. The molecular formula is C12H7F3N2O4S2. The van der Waals surface area contributed by atoms with E-state index in [0.29, 0.717) is 16.7 Å². The van der Waals surface area contributed by atoms with Gasteiger partial charge in [0.05, 0.1) is 0 Å². The van der Waals surface area contributed by atoms with Gasteiger partial charge in [-0.3, -0.25) is 4.79 Å². The van der Waals surface area contributed by atoms with Crippen molar-refractivity contribution in [2.24, 2.45) is 0 Å². The molecule has 0 saturated heterocycles. The highest BCUT2D eigenvalue weighted by molar-refractivity contribution is 7.88. The number of benzene rings is 1. The summed E-state index contributed by atoms with van der Waals surface area (Å²) in [4.78, 5) is 11.8. The number of halogens is 3. The first-order valence-electron chi connectivity index (χ1n) is 6.04. The maximum Gasteiger partial charge on any atom is 0.534 e. The second-order valence-corrected chi connectivity index (χ2v) is 6.77. The van der Waals surface area contributed by atoms with Gasteiger partial charge in [0.2, 0.25) is 0 Å². The first-order chi connectivity index (χ1) is 10.7. The van der Waals surface area contributed by atoms with Crippen molar-refractivity contribution >= 4 is 27.6 Å². The summed E-state index contributed by atoms with van der Waals surface area (Å²) in [6.45, 7) is 0.186. The Morgan fingerprint density at radius 2 is 1.96 bits per heavy atom. The number of fused-ring (bicyclic) bond motifs is 1. The Hall–Kier alpha value is -2.14. The van der Waals surface area contributed by atoms with Crippen molar-refractivity contribution in [3.05, 3.63) is 34.8 Å². The smallest absolute Gasteiger partial charge is 0.376 e. The second-order valence-electron chi connectivity index (χ2n) is 4.58. The minimum Gasteiger partial charge on any atom is -0.376 e. The van der Waals surface area contributed by atoms with Crippen LogP contribution in [0.5, 0.6) is 5.75 Å². The van der Waals surface area contributed by atoms with Gasteiger partial charge in [0.15, 0.2) is 0 Å². The van der Waals surface area contributed by atoms with Gasteiger partial charge in [0, 0.05) is 29.2 Å². The molecule has 1 aliphatic heterocycles. The van der Waals surface area contributed by atoms with Gasteiger partial charge in [-0.25, -0.2) is 4.37 Å². The van der Waals surface area contributed by atoms with E-state index in [9.17, 15) is 26.4 Å². The van der Waals surface area contributed by atoms with E-state index in [2.05, 4.69) is 13.9 Å². The van der Waals surface area contributed by atoms with Crippen LogP contribution in [-0.2, 0) is 16.7 Å². The van der Waals surface area contributed by atoms with Crippen molar-refractivity contribution < 1.29 is 30.6 Å². The minimum absolute atomic E-state index is 0.0704. The molecule has 1 amide bonds. The van der Waals surface area contributed by atoms with Crippen molar-refractivity contribution in [2.75, 3.05) is 0 Å². The van der Waals surface area contributed by atoms with Crippen molar-refractivity contribution in [3.63, 3.8) is 0 Å². The maximum absolute atomic E-state index is 12.4. The first kappa shape index (κ1) is 15.7. The fourth-order valence-electron chi connectivity index (χ4n) is 2.12. The standard InChI is InChI=1S/C12H7F3N2O4S2/c13-12(14,15)23(19,20)21-7-1-8(6-3-17-22-5-6)10-4-16-11(18)9(10)2-7/h1-3,5H,4H2,(H,16,18). The lowest BCUT2D eigenvalue weighted by Gasteiger charge is -2.12. The van der Waals surface area contributed by atoms with E-state index >= 15 is 0 Å². The third-order valence-corrected chi connectivity index (χ3v) is 4.69. The summed E-state index contributed by atoms with van der Waals surface area (Å²) in [6, 6.07) is 2.12. The summed E-state index contributed by atoms with van der Waals surface area (Å²) in [5.74, 6) is -1.10. The fourth-order valence-corrected chi connectivity index (χ4v) is 3.10. The molecule has 2 aromatic rings. The number of nitrogens with one attached hydrogen (secondary N) is 1. The highest BCUT2D eigenvalue weighted by Gasteiger charge is 2.48. The van der Waals surface area contributed by atoms with Crippen LogP contribution < -0.4 is 9.50 Å². The van der Waals surface area contributed by atoms with Gasteiger partial charge in [0.1, 0.15) is 5.75 Å². The van der Waals surface area contributed by atoms with Gasteiger partial charge in [0.25, 0.3) is 5.91 Å². The molecule has 1 aromatic heterocycles. The monoisotopic (exact) mass is 364 g/mol. The van der Waals surface area contributed by atoms with E-state index in [4.69, 9.17) is 0 Å². The largest absolute Gasteiger partial charge is 0.534 e. The molecule has 6 nitrogen and oxygen atoms in total. The van der Waals surface area contributed by atoms with Crippen LogP contribution in [0, 0.1) is 0 Å². The molecule has 0 spiro atoms. The van der Waals surface area contributed by atoms with Gasteiger partial charge >= 0.3 is 15.6 Å². The average Bonchev–Trinajstić information content (AvgIpc) is 3.07. The van der Waals surface area contributed by atoms with Gasteiger partial charge in [-0.15, -0.1) is 0 Å². The minimum atomic E-state index is -5.82. The Morgan fingerprint density at radius 3 is 2.57 bits per heavy atom. The molecule has 1 aliphatic rings. The number of rotatable bonds is 3. The lowest BCUT2D eigenvalue weighted by molar-refractivity contribution is -0.0500. The normalized spacial score (nSPS) is 14.5. The van der Waals surface area contributed by atoms with E-state index in [1.807, 2.05) is 0 Å². The molecule has 0 saturated carbocycles. The van der Waals surface area contributed by atoms with Crippen LogP contribution in [0.3, 0.4) is 0 Å². The topological polar surface area (TPSA) is 85.4 Å². The van der Waals surface area contributed by atoms with E-state index in [1.54, 1.807) is 5.38 Å². The van der Waals surface area contributed by atoms with Crippen LogP contribution in [0.2, 0.25) is 0 Å². The van der Waals surface area contributed by atoms with Gasteiger partial charge < -0.3 is 9.50 Å². The summed E-state index contributed by atoms with van der Waals surface area (Å²) in [6.07, 6.45) is 1.46. The Labute approximate surface area is 132 Å². The molecule has 0 atom stereocenters. The molecule has 0 radical (unpaired) electrons. The highest BCUT2D eigenvalue weighted by atomic mass is 32.2. The summed E-state index contributed by atoms with van der Waals surface area (Å²) >= 11 is 1.11. The Balaban J connectivity index is 2.12. The zero-order valence-corrected chi connectivity index (χ0v) is 12.7. The number of carbonyl (C=O) groups excluding carboxylic acids is 1. The van der Waals surface area contributed by atoms with Crippen molar-refractivity contribution in [3.8, 4) is 16.9 Å². The third-order valence-electron chi connectivity index (χ3n) is 3.13. The van der Waals surface area contributed by atoms with Gasteiger partial charge in [-0.1, -0.05) is 0 Å². The molecule has 11 heteroatoms. The Kier molecular flexibility index (Phi) is 3.56. The third kappa shape index (κ3) is 2.77. The zero-order chi connectivity index (χ0) is 16.8.